The molecule has 2 atom stereocenters. The van der Waals surface area contributed by atoms with E-state index in [2.05, 4.69) is 0 Å². The molecule has 0 aromatic heterocycles. The van der Waals surface area contributed by atoms with Gasteiger partial charge in [-0.05, 0) is 56.4 Å². The van der Waals surface area contributed by atoms with E-state index in [0.717, 1.165) is 19.3 Å². The zero-order valence-electron chi connectivity index (χ0n) is 16.3. The van der Waals surface area contributed by atoms with Gasteiger partial charge in [-0.1, -0.05) is 19.3 Å². The van der Waals surface area contributed by atoms with Crippen molar-refractivity contribution in [2.45, 2.75) is 69.1 Å². The molecule has 0 bridgehead atoms. The summed E-state index contributed by atoms with van der Waals surface area (Å²) in [6.07, 6.45) is 5.61. The summed E-state index contributed by atoms with van der Waals surface area (Å²) in [7, 11) is -3.17. The van der Waals surface area contributed by atoms with Crippen molar-refractivity contribution in [1.82, 2.24) is 0 Å². The molecule has 8 heteroatoms. The molecular formula is C20H31FO6S. The number of hydrogen-bond acceptors (Lipinski definition) is 5. The van der Waals surface area contributed by atoms with Crippen molar-refractivity contribution in [1.29, 1.82) is 0 Å². The van der Waals surface area contributed by atoms with Crippen LogP contribution in [0.3, 0.4) is 0 Å². The fourth-order valence-corrected chi connectivity index (χ4v) is 4.15. The molecule has 0 radical (unpaired) electrons. The standard InChI is InChI=1S/C20H31FO6S/c1-28(25,26)19(8-4-2-3-5-10-20(23)24)9-6-7-17(22)15-27-18-13-11-16(21)12-14-18/h11-14,17,19,22H,2-10,15H2,1H3,(H,23,24)/t17-,19+/m1/s1. The number of aliphatic hydroxyl groups excluding tert-OH is 1. The maximum Gasteiger partial charge on any atom is 0.303 e. The number of carbonyl (C=O) groups is 1. The maximum absolute atomic E-state index is 12.8. The zero-order valence-corrected chi connectivity index (χ0v) is 17.2. The fourth-order valence-electron chi connectivity index (χ4n) is 2.96. The minimum Gasteiger partial charge on any atom is -0.491 e. The summed E-state index contributed by atoms with van der Waals surface area (Å²) in [6, 6.07) is 5.52. The van der Waals surface area contributed by atoms with Crippen molar-refractivity contribution in [3.05, 3.63) is 30.1 Å². The predicted octanol–water partition coefficient (Wildman–Crippen LogP) is 3.57. The molecule has 0 aliphatic rings. The highest BCUT2D eigenvalue weighted by atomic mass is 32.2. The molecule has 160 valence electrons. The lowest BCUT2D eigenvalue weighted by molar-refractivity contribution is -0.137. The SMILES string of the molecule is CS(=O)(=O)[C@@H](CCCCCCC(=O)O)CCC[C@@H](O)COc1ccc(F)cc1. The largest absolute Gasteiger partial charge is 0.491 e. The van der Waals surface area contributed by atoms with Crippen LogP contribution in [0.1, 0.15) is 57.8 Å². The van der Waals surface area contributed by atoms with Gasteiger partial charge in [-0.15, -0.1) is 0 Å². The Morgan fingerprint density at radius 2 is 1.64 bits per heavy atom. The molecular weight excluding hydrogens is 387 g/mol. The van der Waals surface area contributed by atoms with E-state index in [4.69, 9.17) is 9.84 Å². The first kappa shape index (κ1) is 24.4. The van der Waals surface area contributed by atoms with Gasteiger partial charge in [0, 0.05) is 12.7 Å². The molecule has 0 spiro atoms. The minimum atomic E-state index is -3.17. The normalized spacial score (nSPS) is 13.8. The molecule has 0 saturated carbocycles. The topological polar surface area (TPSA) is 101 Å². The smallest absolute Gasteiger partial charge is 0.303 e. The molecule has 6 nitrogen and oxygen atoms in total. The van der Waals surface area contributed by atoms with Crippen LogP contribution in [0.2, 0.25) is 0 Å². The van der Waals surface area contributed by atoms with Gasteiger partial charge in [0.2, 0.25) is 0 Å². The molecule has 0 unspecified atom stereocenters. The number of ether oxygens (including phenoxy) is 1. The van der Waals surface area contributed by atoms with Gasteiger partial charge in [0.15, 0.2) is 0 Å². The first-order valence-electron chi connectivity index (χ1n) is 9.65. The van der Waals surface area contributed by atoms with Crippen molar-refractivity contribution in [3.8, 4) is 5.75 Å². The molecule has 0 amide bonds. The fraction of sp³-hybridized carbons (Fsp3) is 0.650. The first-order valence-corrected chi connectivity index (χ1v) is 11.6. The third-order valence-electron chi connectivity index (χ3n) is 4.59. The van der Waals surface area contributed by atoms with Crippen LogP contribution in [-0.2, 0) is 14.6 Å². The summed E-state index contributed by atoms with van der Waals surface area (Å²) in [5, 5.41) is 18.2. The van der Waals surface area contributed by atoms with Crippen LogP contribution >= 0.6 is 0 Å². The molecule has 0 fully saturated rings. The molecule has 0 aliphatic carbocycles. The second kappa shape index (κ2) is 12.7. The number of benzene rings is 1. The highest BCUT2D eigenvalue weighted by Gasteiger charge is 2.20. The molecule has 0 saturated heterocycles. The third kappa shape index (κ3) is 11.2. The second-order valence-electron chi connectivity index (χ2n) is 7.15. The molecule has 1 aromatic rings. The Balaban J connectivity index is 2.26. The van der Waals surface area contributed by atoms with Crippen LogP contribution < -0.4 is 4.74 Å². The van der Waals surface area contributed by atoms with Crippen LogP contribution in [0.4, 0.5) is 4.39 Å². The van der Waals surface area contributed by atoms with E-state index in [1.54, 1.807) is 0 Å². The molecule has 28 heavy (non-hydrogen) atoms. The first-order chi connectivity index (χ1) is 13.2. The quantitative estimate of drug-likeness (QED) is 0.422. The number of carboxylic acids is 1. The van der Waals surface area contributed by atoms with Gasteiger partial charge >= 0.3 is 5.97 Å². The van der Waals surface area contributed by atoms with E-state index in [9.17, 15) is 22.7 Å². The van der Waals surface area contributed by atoms with E-state index in [1.165, 1.54) is 30.5 Å². The van der Waals surface area contributed by atoms with Crippen molar-refractivity contribution in [2.24, 2.45) is 0 Å². The maximum atomic E-state index is 12.8. The summed E-state index contributed by atoms with van der Waals surface area (Å²) in [5.41, 5.74) is 0. The zero-order chi connectivity index (χ0) is 21.0. The van der Waals surface area contributed by atoms with Gasteiger partial charge in [-0.2, -0.15) is 0 Å². The Labute approximate surface area is 166 Å². The van der Waals surface area contributed by atoms with E-state index >= 15 is 0 Å². The average molecular weight is 419 g/mol. The predicted molar refractivity (Wildman–Crippen MR) is 106 cm³/mol. The number of aliphatic carboxylic acids is 1. The Hall–Kier alpha value is -1.67. The lowest BCUT2D eigenvalue weighted by Gasteiger charge is -2.17. The Morgan fingerprint density at radius 3 is 2.25 bits per heavy atom. The van der Waals surface area contributed by atoms with E-state index in [0.29, 0.717) is 37.9 Å². The lowest BCUT2D eigenvalue weighted by Crippen LogP contribution is -2.22. The van der Waals surface area contributed by atoms with E-state index < -0.39 is 27.2 Å². The van der Waals surface area contributed by atoms with Crippen molar-refractivity contribution >= 4 is 15.8 Å². The summed E-state index contributed by atoms with van der Waals surface area (Å²) in [6.45, 7) is 0.0682. The Kier molecular flexibility index (Phi) is 11.1. The minimum absolute atomic E-state index is 0.0682. The molecule has 1 rings (SSSR count). The van der Waals surface area contributed by atoms with Gasteiger partial charge in [-0.3, -0.25) is 4.79 Å². The van der Waals surface area contributed by atoms with Gasteiger partial charge in [-0.25, -0.2) is 12.8 Å². The number of unbranched alkanes of at least 4 members (excludes halogenated alkanes) is 3. The highest BCUT2D eigenvalue weighted by molar-refractivity contribution is 7.91. The van der Waals surface area contributed by atoms with E-state index in [1.807, 2.05) is 0 Å². The summed E-state index contributed by atoms with van der Waals surface area (Å²) >= 11 is 0. The summed E-state index contributed by atoms with van der Waals surface area (Å²) in [4.78, 5) is 10.5. The van der Waals surface area contributed by atoms with Crippen LogP contribution in [0.25, 0.3) is 0 Å². The molecule has 2 N–H and O–H groups in total. The van der Waals surface area contributed by atoms with Crippen molar-refractivity contribution in [2.75, 3.05) is 12.9 Å². The van der Waals surface area contributed by atoms with Crippen LogP contribution in [0.5, 0.6) is 5.75 Å². The van der Waals surface area contributed by atoms with Crippen molar-refractivity contribution < 1.29 is 32.6 Å². The number of carboxylic acid groups (broad SMARTS) is 1. The Bertz CT molecular complexity index is 674. The Morgan fingerprint density at radius 1 is 1.04 bits per heavy atom. The molecule has 0 heterocycles. The third-order valence-corrected chi connectivity index (χ3v) is 6.27. The van der Waals surface area contributed by atoms with Crippen LogP contribution in [0, 0.1) is 5.82 Å². The van der Waals surface area contributed by atoms with Gasteiger partial charge in [0.1, 0.15) is 28.0 Å². The number of rotatable bonds is 15. The van der Waals surface area contributed by atoms with Crippen LogP contribution in [0.15, 0.2) is 24.3 Å². The number of sulfone groups is 1. The monoisotopic (exact) mass is 418 g/mol. The lowest BCUT2D eigenvalue weighted by atomic mass is 10.0. The second-order valence-corrected chi connectivity index (χ2v) is 9.47. The average Bonchev–Trinajstić information content (AvgIpc) is 2.61. The van der Waals surface area contributed by atoms with Gasteiger partial charge in [0.05, 0.1) is 11.4 Å². The molecule has 0 aliphatic heterocycles. The summed E-state index contributed by atoms with van der Waals surface area (Å²) < 4.78 is 42.1. The van der Waals surface area contributed by atoms with Gasteiger partial charge < -0.3 is 14.9 Å². The number of hydrogen-bond donors (Lipinski definition) is 2. The number of halogens is 1. The highest BCUT2D eigenvalue weighted by Crippen LogP contribution is 2.19. The van der Waals surface area contributed by atoms with Gasteiger partial charge in [0.25, 0.3) is 0 Å². The molecule has 1 aromatic carbocycles. The summed E-state index contributed by atoms with van der Waals surface area (Å²) in [5.74, 6) is -0.699. The number of aliphatic hydroxyl groups is 1. The van der Waals surface area contributed by atoms with Crippen LogP contribution in [-0.4, -0.2) is 48.8 Å². The van der Waals surface area contributed by atoms with E-state index in [-0.39, 0.29) is 18.8 Å². The van der Waals surface area contributed by atoms with Crippen molar-refractivity contribution in [3.63, 3.8) is 0 Å².